The first kappa shape index (κ1) is 13.1. The van der Waals surface area contributed by atoms with Crippen molar-refractivity contribution >= 4 is 0 Å². The van der Waals surface area contributed by atoms with E-state index in [0.29, 0.717) is 0 Å². The summed E-state index contributed by atoms with van der Waals surface area (Å²) in [5, 5.41) is 3.41. The van der Waals surface area contributed by atoms with Crippen molar-refractivity contribution in [3.8, 4) is 11.3 Å². The lowest BCUT2D eigenvalue weighted by atomic mass is 10.1. The lowest BCUT2D eigenvalue weighted by molar-refractivity contribution is 0.194. The molecule has 3 rings (SSSR count). The molecule has 1 atom stereocenters. The number of pyridine rings is 1. The van der Waals surface area contributed by atoms with E-state index < -0.39 is 0 Å². The molecule has 0 amide bonds. The van der Waals surface area contributed by atoms with E-state index in [1.807, 2.05) is 31.3 Å². The molecule has 1 N–H and O–H groups in total. The second-order valence-corrected chi connectivity index (χ2v) is 5.19. The smallest absolute Gasteiger partial charge is 0.147 e. The van der Waals surface area contributed by atoms with E-state index in [-0.39, 0.29) is 6.04 Å². The number of hydrogen-bond donors (Lipinski definition) is 1. The van der Waals surface area contributed by atoms with Gasteiger partial charge in [0, 0.05) is 43.3 Å². The van der Waals surface area contributed by atoms with Gasteiger partial charge >= 0.3 is 0 Å². The quantitative estimate of drug-likeness (QED) is 0.893. The average molecular weight is 269 g/mol. The molecule has 1 unspecified atom stereocenters. The topological polar surface area (TPSA) is 53.9 Å². The molecule has 0 saturated carbocycles. The third-order valence-electron chi connectivity index (χ3n) is 3.64. The zero-order valence-electron chi connectivity index (χ0n) is 11.9. The molecule has 2 aromatic heterocycles. The first-order valence-electron chi connectivity index (χ1n) is 6.91. The molecule has 0 radical (unpaired) electrons. The number of nitrogens with one attached hydrogen (secondary N) is 1. The molecule has 1 fully saturated rings. The van der Waals surface area contributed by atoms with Crippen molar-refractivity contribution in [2.45, 2.75) is 13.0 Å². The summed E-state index contributed by atoms with van der Waals surface area (Å²) in [6, 6.07) is 6.21. The van der Waals surface area contributed by atoms with Crippen LogP contribution < -0.4 is 5.32 Å². The van der Waals surface area contributed by atoms with Crippen LogP contribution in [-0.2, 0) is 0 Å². The minimum Gasteiger partial charge on any atom is -0.313 e. The highest BCUT2D eigenvalue weighted by Crippen LogP contribution is 2.22. The first-order valence-corrected chi connectivity index (χ1v) is 6.91. The summed E-state index contributed by atoms with van der Waals surface area (Å²) in [5.74, 6) is 0.888. The van der Waals surface area contributed by atoms with Gasteiger partial charge < -0.3 is 5.32 Å². The van der Waals surface area contributed by atoms with Gasteiger partial charge in [-0.1, -0.05) is 0 Å². The number of aromatic nitrogens is 3. The van der Waals surface area contributed by atoms with Crippen LogP contribution in [-0.4, -0.2) is 46.5 Å². The summed E-state index contributed by atoms with van der Waals surface area (Å²) in [5.41, 5.74) is 2.97. The fourth-order valence-corrected chi connectivity index (χ4v) is 2.50. The van der Waals surface area contributed by atoms with Crippen molar-refractivity contribution in [3.63, 3.8) is 0 Å². The number of piperazine rings is 1. The monoisotopic (exact) mass is 269 g/mol. The third-order valence-corrected chi connectivity index (χ3v) is 3.64. The molecule has 0 spiro atoms. The molecule has 104 valence electrons. The van der Waals surface area contributed by atoms with E-state index >= 15 is 0 Å². The van der Waals surface area contributed by atoms with Crippen LogP contribution in [0.2, 0.25) is 0 Å². The number of likely N-dealkylation sites (N-methyl/N-ethyl adjacent to an activating group) is 1. The van der Waals surface area contributed by atoms with Crippen molar-refractivity contribution in [1.82, 2.24) is 25.2 Å². The van der Waals surface area contributed by atoms with Gasteiger partial charge in [0.2, 0.25) is 0 Å². The Morgan fingerprint density at radius 2 is 2.25 bits per heavy atom. The molecule has 1 aliphatic rings. The second-order valence-electron chi connectivity index (χ2n) is 5.19. The van der Waals surface area contributed by atoms with Crippen LogP contribution in [0.15, 0.2) is 30.6 Å². The van der Waals surface area contributed by atoms with Crippen LogP contribution in [0.5, 0.6) is 0 Å². The molecule has 1 aliphatic heterocycles. The zero-order valence-corrected chi connectivity index (χ0v) is 11.9. The van der Waals surface area contributed by atoms with Crippen molar-refractivity contribution in [2.24, 2.45) is 0 Å². The van der Waals surface area contributed by atoms with Crippen LogP contribution >= 0.6 is 0 Å². The minimum atomic E-state index is 0.235. The molecular weight excluding hydrogens is 250 g/mol. The van der Waals surface area contributed by atoms with Crippen LogP contribution in [0.25, 0.3) is 11.3 Å². The molecule has 0 aliphatic carbocycles. The van der Waals surface area contributed by atoms with E-state index in [1.54, 1.807) is 6.20 Å². The Labute approximate surface area is 119 Å². The summed E-state index contributed by atoms with van der Waals surface area (Å²) in [6.07, 6.45) is 3.62. The first-order chi connectivity index (χ1) is 9.74. The highest BCUT2D eigenvalue weighted by molar-refractivity contribution is 5.57. The number of hydrogen-bond acceptors (Lipinski definition) is 5. The van der Waals surface area contributed by atoms with Gasteiger partial charge in [-0.05, 0) is 32.2 Å². The van der Waals surface area contributed by atoms with Crippen LogP contribution in [0.3, 0.4) is 0 Å². The van der Waals surface area contributed by atoms with Gasteiger partial charge in [0.1, 0.15) is 5.82 Å². The Morgan fingerprint density at radius 3 is 3.00 bits per heavy atom. The van der Waals surface area contributed by atoms with Gasteiger partial charge in [0.25, 0.3) is 0 Å². The molecule has 0 aromatic carbocycles. The maximum absolute atomic E-state index is 4.75. The van der Waals surface area contributed by atoms with Gasteiger partial charge in [0.15, 0.2) is 0 Å². The standard InChI is InChI=1S/C15H19N5/c1-11-8-13(12-4-3-5-16-9-12)19-15(18-11)14-10-17-6-7-20(14)2/h3-5,8-9,14,17H,6-7,10H2,1-2H3. The van der Waals surface area contributed by atoms with Crippen LogP contribution in [0, 0.1) is 6.92 Å². The third kappa shape index (κ3) is 2.69. The molecule has 1 saturated heterocycles. The van der Waals surface area contributed by atoms with Crippen LogP contribution in [0.4, 0.5) is 0 Å². The average Bonchev–Trinajstić information content (AvgIpc) is 2.48. The molecule has 3 heterocycles. The summed E-state index contributed by atoms with van der Waals surface area (Å²) >= 11 is 0. The SMILES string of the molecule is Cc1cc(-c2cccnc2)nc(C2CNCCN2C)n1. The predicted molar refractivity (Wildman–Crippen MR) is 78.2 cm³/mol. The Morgan fingerprint density at radius 1 is 1.35 bits per heavy atom. The number of nitrogens with zero attached hydrogens (tertiary/aromatic N) is 4. The highest BCUT2D eigenvalue weighted by Gasteiger charge is 2.23. The fraction of sp³-hybridized carbons (Fsp3) is 0.400. The van der Waals surface area contributed by atoms with Gasteiger partial charge in [0.05, 0.1) is 11.7 Å². The fourth-order valence-electron chi connectivity index (χ4n) is 2.50. The second kappa shape index (κ2) is 5.64. The molecule has 2 aromatic rings. The van der Waals surface area contributed by atoms with E-state index in [0.717, 1.165) is 42.4 Å². The summed E-state index contributed by atoms with van der Waals surface area (Å²) < 4.78 is 0. The lowest BCUT2D eigenvalue weighted by Gasteiger charge is -2.32. The number of rotatable bonds is 2. The maximum atomic E-state index is 4.75. The molecule has 20 heavy (non-hydrogen) atoms. The van der Waals surface area contributed by atoms with Gasteiger partial charge in [-0.25, -0.2) is 9.97 Å². The maximum Gasteiger partial charge on any atom is 0.147 e. The predicted octanol–water partition coefficient (Wildman–Crippen LogP) is 1.42. The van der Waals surface area contributed by atoms with Crippen molar-refractivity contribution in [2.75, 3.05) is 26.7 Å². The van der Waals surface area contributed by atoms with E-state index in [2.05, 4.69) is 27.2 Å². The summed E-state index contributed by atoms with van der Waals surface area (Å²) in [7, 11) is 2.13. The Kier molecular flexibility index (Phi) is 3.71. The highest BCUT2D eigenvalue weighted by atomic mass is 15.2. The Hall–Kier alpha value is -1.85. The van der Waals surface area contributed by atoms with Gasteiger partial charge in [-0.3, -0.25) is 9.88 Å². The molecule has 0 bridgehead atoms. The largest absolute Gasteiger partial charge is 0.313 e. The summed E-state index contributed by atoms with van der Waals surface area (Å²) in [4.78, 5) is 15.8. The number of aryl methyl sites for hydroxylation is 1. The molecular formula is C15H19N5. The van der Waals surface area contributed by atoms with Gasteiger partial charge in [-0.15, -0.1) is 0 Å². The molecule has 5 heteroatoms. The van der Waals surface area contributed by atoms with E-state index in [1.165, 1.54) is 0 Å². The normalized spacial score (nSPS) is 20.0. The zero-order chi connectivity index (χ0) is 13.9. The van der Waals surface area contributed by atoms with Crippen molar-refractivity contribution in [3.05, 3.63) is 42.1 Å². The summed E-state index contributed by atoms with van der Waals surface area (Å²) in [6.45, 7) is 4.95. The van der Waals surface area contributed by atoms with E-state index in [4.69, 9.17) is 4.98 Å². The van der Waals surface area contributed by atoms with Crippen molar-refractivity contribution in [1.29, 1.82) is 0 Å². The van der Waals surface area contributed by atoms with Crippen LogP contribution in [0.1, 0.15) is 17.6 Å². The van der Waals surface area contributed by atoms with Crippen molar-refractivity contribution < 1.29 is 0 Å². The van der Waals surface area contributed by atoms with E-state index in [9.17, 15) is 0 Å². The Bertz CT molecular complexity index is 584. The minimum absolute atomic E-state index is 0.235. The molecule has 5 nitrogen and oxygen atoms in total. The Balaban J connectivity index is 1.98. The lowest BCUT2D eigenvalue weighted by Crippen LogP contribution is -2.44. The van der Waals surface area contributed by atoms with Gasteiger partial charge in [-0.2, -0.15) is 0 Å².